The molecule has 222 valence electrons. The van der Waals surface area contributed by atoms with Gasteiger partial charge in [-0.05, 0) is 116 Å². The number of pyridine rings is 1. The molecule has 1 aliphatic rings. The van der Waals surface area contributed by atoms with Crippen LogP contribution < -0.4 is 5.32 Å². The fraction of sp³-hybridized carbons (Fsp3) is 0.0227. The molecular weight excluding hydrogens is 571 g/mol. The number of hydrogen-bond donors (Lipinski definition) is 1. The van der Waals surface area contributed by atoms with Crippen molar-refractivity contribution in [2.75, 3.05) is 6.54 Å². The van der Waals surface area contributed by atoms with Gasteiger partial charge in [0.2, 0.25) is 0 Å². The molecule has 3 nitrogen and oxygen atoms in total. The van der Waals surface area contributed by atoms with Crippen molar-refractivity contribution in [1.29, 1.82) is 0 Å². The Balaban J connectivity index is 1.31. The summed E-state index contributed by atoms with van der Waals surface area (Å²) in [7, 11) is 0. The fourth-order valence-electron chi connectivity index (χ4n) is 7.11. The van der Waals surface area contributed by atoms with E-state index in [1.54, 1.807) is 0 Å². The van der Waals surface area contributed by atoms with Crippen molar-refractivity contribution in [2.24, 2.45) is 0 Å². The minimum Gasteiger partial charge on any atom is -0.387 e. The van der Waals surface area contributed by atoms with Crippen LogP contribution in [0.5, 0.6) is 0 Å². The summed E-state index contributed by atoms with van der Waals surface area (Å²) in [5.74, 6) is 0. The van der Waals surface area contributed by atoms with Gasteiger partial charge >= 0.3 is 0 Å². The minimum atomic E-state index is 0.845. The Kier molecular flexibility index (Phi) is 6.53. The van der Waals surface area contributed by atoms with Crippen LogP contribution in [0.3, 0.4) is 0 Å². The highest BCUT2D eigenvalue weighted by Gasteiger charge is 2.19. The van der Waals surface area contributed by atoms with E-state index in [1.807, 2.05) is 18.6 Å². The van der Waals surface area contributed by atoms with Crippen molar-refractivity contribution in [3.8, 4) is 39.1 Å². The van der Waals surface area contributed by atoms with Crippen molar-refractivity contribution in [3.05, 3.63) is 176 Å². The molecule has 3 heterocycles. The zero-order valence-electron chi connectivity index (χ0n) is 25.8. The molecule has 2 aromatic heterocycles. The number of para-hydroxylation sites is 1. The molecule has 9 rings (SSSR count). The van der Waals surface area contributed by atoms with Crippen LogP contribution >= 0.6 is 0 Å². The molecule has 0 amide bonds. The van der Waals surface area contributed by atoms with E-state index in [4.69, 9.17) is 0 Å². The van der Waals surface area contributed by atoms with Gasteiger partial charge < -0.3 is 9.88 Å². The van der Waals surface area contributed by atoms with Crippen LogP contribution in [-0.4, -0.2) is 16.1 Å². The first-order valence-electron chi connectivity index (χ1n) is 16.1. The molecule has 47 heavy (non-hydrogen) atoms. The Bertz CT molecular complexity index is 2500. The molecule has 0 bridgehead atoms. The quantitative estimate of drug-likeness (QED) is 0.213. The SMILES string of the molecule is C1=CC(c2cccc(-c3cc4c(c5ccccc35)c3ccc(-c5cccc(-c6ccncc6)c5)cc3n4-c3ccccc3)c2)=CCN1. The average Bonchev–Trinajstić information content (AvgIpc) is 3.49. The smallest absolute Gasteiger partial charge is 0.0553 e. The first kappa shape index (κ1) is 27.1. The van der Waals surface area contributed by atoms with Gasteiger partial charge in [0.15, 0.2) is 0 Å². The largest absolute Gasteiger partial charge is 0.387 e. The number of nitrogens with one attached hydrogen (secondary N) is 1. The third-order valence-corrected chi connectivity index (χ3v) is 9.32. The summed E-state index contributed by atoms with van der Waals surface area (Å²) in [4.78, 5) is 4.21. The van der Waals surface area contributed by atoms with Crippen LogP contribution in [0.25, 0.3) is 77.2 Å². The number of allylic oxidation sites excluding steroid dienone is 2. The van der Waals surface area contributed by atoms with Crippen LogP contribution in [-0.2, 0) is 0 Å². The molecule has 0 unspecified atom stereocenters. The second kappa shape index (κ2) is 11.3. The maximum Gasteiger partial charge on any atom is 0.0553 e. The number of fused-ring (bicyclic) bond motifs is 5. The number of nitrogens with zero attached hydrogens (tertiary/aromatic N) is 2. The molecular formula is C44H31N3. The standard InChI is InChI=1S/C44H31N3/c1-2-12-37(13-3-1)47-42-28-35(34-10-6-8-32(26-34)30-18-22-45-23-19-30)16-17-40(42)44-39-15-5-4-14-38(39)41(29-43(44)47)36-11-7-9-33(27-36)31-20-24-46-25-21-31/h1-24,26-29,46H,25H2. The Hall–Kier alpha value is -6.19. The molecule has 8 aromatic rings. The van der Waals surface area contributed by atoms with Gasteiger partial charge in [-0.25, -0.2) is 0 Å². The van der Waals surface area contributed by atoms with Crippen molar-refractivity contribution in [2.45, 2.75) is 0 Å². The van der Waals surface area contributed by atoms with Gasteiger partial charge in [-0.15, -0.1) is 0 Å². The molecule has 3 heteroatoms. The predicted molar refractivity (Wildman–Crippen MR) is 198 cm³/mol. The molecule has 0 aliphatic carbocycles. The van der Waals surface area contributed by atoms with E-state index in [-0.39, 0.29) is 0 Å². The van der Waals surface area contributed by atoms with Gasteiger partial charge in [-0.3, -0.25) is 4.98 Å². The van der Waals surface area contributed by atoms with Crippen LogP contribution in [0.1, 0.15) is 5.56 Å². The molecule has 0 saturated carbocycles. The van der Waals surface area contributed by atoms with Gasteiger partial charge in [0.25, 0.3) is 0 Å². The summed E-state index contributed by atoms with van der Waals surface area (Å²) in [6.45, 7) is 0.845. The summed E-state index contributed by atoms with van der Waals surface area (Å²) in [5.41, 5.74) is 13.2. The van der Waals surface area contributed by atoms with Gasteiger partial charge in [-0.2, -0.15) is 0 Å². The van der Waals surface area contributed by atoms with Crippen molar-refractivity contribution in [3.63, 3.8) is 0 Å². The lowest BCUT2D eigenvalue weighted by Gasteiger charge is -2.14. The molecule has 0 saturated heterocycles. The molecule has 0 atom stereocenters. The number of rotatable bonds is 5. The van der Waals surface area contributed by atoms with Gasteiger partial charge in [-0.1, -0.05) is 97.1 Å². The summed E-state index contributed by atoms with van der Waals surface area (Å²) < 4.78 is 2.44. The molecule has 1 aliphatic heterocycles. The second-order valence-corrected chi connectivity index (χ2v) is 12.1. The van der Waals surface area contributed by atoms with E-state index in [2.05, 4.69) is 167 Å². The topological polar surface area (TPSA) is 29.9 Å². The lowest BCUT2D eigenvalue weighted by atomic mass is 9.92. The zero-order valence-corrected chi connectivity index (χ0v) is 25.8. The zero-order chi connectivity index (χ0) is 31.2. The van der Waals surface area contributed by atoms with E-state index in [1.165, 1.54) is 71.5 Å². The monoisotopic (exact) mass is 601 g/mol. The Morgan fingerprint density at radius 1 is 0.511 bits per heavy atom. The number of aromatic nitrogens is 2. The third kappa shape index (κ3) is 4.72. The van der Waals surface area contributed by atoms with E-state index in [9.17, 15) is 0 Å². The van der Waals surface area contributed by atoms with Crippen molar-refractivity contribution in [1.82, 2.24) is 14.9 Å². The molecule has 0 radical (unpaired) electrons. The lowest BCUT2D eigenvalue weighted by Crippen LogP contribution is -2.08. The highest BCUT2D eigenvalue weighted by atomic mass is 15.0. The van der Waals surface area contributed by atoms with Crippen LogP contribution in [0.15, 0.2) is 170 Å². The van der Waals surface area contributed by atoms with Crippen LogP contribution in [0.4, 0.5) is 0 Å². The first-order chi connectivity index (χ1) is 23.3. The van der Waals surface area contributed by atoms with E-state index in [0.717, 1.165) is 17.8 Å². The first-order valence-corrected chi connectivity index (χ1v) is 16.1. The second-order valence-electron chi connectivity index (χ2n) is 12.1. The number of hydrogen-bond acceptors (Lipinski definition) is 2. The summed E-state index contributed by atoms with van der Waals surface area (Å²) in [5, 5.41) is 8.32. The molecule has 0 spiro atoms. The van der Waals surface area contributed by atoms with E-state index >= 15 is 0 Å². The molecule has 1 N–H and O–H groups in total. The summed E-state index contributed by atoms with van der Waals surface area (Å²) in [6.07, 6.45) is 10.1. The van der Waals surface area contributed by atoms with Gasteiger partial charge in [0.05, 0.1) is 11.0 Å². The van der Waals surface area contributed by atoms with Crippen molar-refractivity contribution >= 4 is 38.2 Å². The summed E-state index contributed by atoms with van der Waals surface area (Å²) >= 11 is 0. The fourth-order valence-corrected chi connectivity index (χ4v) is 7.11. The highest BCUT2D eigenvalue weighted by Crippen LogP contribution is 2.43. The molecule has 6 aromatic carbocycles. The maximum absolute atomic E-state index is 4.21. The Labute approximate surface area is 273 Å². The number of dihydropyridines is 1. The molecule has 0 fully saturated rings. The van der Waals surface area contributed by atoms with Crippen LogP contribution in [0.2, 0.25) is 0 Å². The van der Waals surface area contributed by atoms with Crippen molar-refractivity contribution < 1.29 is 0 Å². The normalized spacial score (nSPS) is 12.8. The highest BCUT2D eigenvalue weighted by molar-refractivity contribution is 6.24. The lowest BCUT2D eigenvalue weighted by molar-refractivity contribution is 0.976. The Morgan fingerprint density at radius 2 is 1.21 bits per heavy atom. The van der Waals surface area contributed by atoms with Gasteiger partial charge in [0, 0.05) is 35.4 Å². The summed E-state index contributed by atoms with van der Waals surface area (Å²) in [6, 6.07) is 50.9. The third-order valence-electron chi connectivity index (χ3n) is 9.32. The van der Waals surface area contributed by atoms with E-state index in [0.29, 0.717) is 0 Å². The maximum atomic E-state index is 4.21. The number of benzene rings is 6. The average molecular weight is 602 g/mol. The Morgan fingerprint density at radius 3 is 2.02 bits per heavy atom. The van der Waals surface area contributed by atoms with Crippen LogP contribution in [0, 0.1) is 0 Å². The van der Waals surface area contributed by atoms with Gasteiger partial charge in [0.1, 0.15) is 0 Å². The predicted octanol–water partition coefficient (Wildman–Crippen LogP) is 10.8. The minimum absolute atomic E-state index is 0.845. The van der Waals surface area contributed by atoms with E-state index < -0.39 is 0 Å².